The Hall–Kier alpha value is -2.56. The van der Waals surface area contributed by atoms with Crippen LogP contribution in [0.4, 0.5) is 19.0 Å². The molecule has 0 bridgehead atoms. The molecular formula is C12H9F3N4O. The number of nitrogens with zero attached hydrogens (tertiary/aromatic N) is 3. The number of nitrogens with one attached hydrogen (secondary N) is 1. The molecule has 2 heterocycles. The van der Waals surface area contributed by atoms with Gasteiger partial charge in [0.05, 0.1) is 12.1 Å². The summed E-state index contributed by atoms with van der Waals surface area (Å²) in [5, 5.41) is 15.2. The van der Waals surface area contributed by atoms with Gasteiger partial charge >= 0.3 is 6.18 Å². The van der Waals surface area contributed by atoms with Gasteiger partial charge in [-0.1, -0.05) is 5.16 Å². The second-order valence-electron chi connectivity index (χ2n) is 3.98. The minimum atomic E-state index is -4.56. The van der Waals surface area contributed by atoms with Gasteiger partial charge in [-0.15, -0.1) is 0 Å². The van der Waals surface area contributed by atoms with E-state index in [9.17, 15) is 13.2 Å². The predicted molar refractivity (Wildman–Crippen MR) is 62.5 cm³/mol. The molecule has 0 saturated carbocycles. The summed E-state index contributed by atoms with van der Waals surface area (Å²) in [6.07, 6.45) is -4.56. The molecule has 20 heavy (non-hydrogen) atoms. The number of aromatic nitrogens is 2. The van der Waals surface area contributed by atoms with Gasteiger partial charge < -0.3 is 9.84 Å². The first kappa shape index (κ1) is 13.9. The van der Waals surface area contributed by atoms with E-state index in [1.54, 1.807) is 19.1 Å². The van der Waals surface area contributed by atoms with Gasteiger partial charge in [0.15, 0.2) is 0 Å². The fraction of sp³-hybridized carbons (Fsp3) is 0.250. The summed E-state index contributed by atoms with van der Waals surface area (Å²) in [5.41, 5.74) is -0.529. The average molecular weight is 282 g/mol. The molecular weight excluding hydrogens is 273 g/mol. The lowest BCUT2D eigenvalue weighted by Crippen LogP contribution is -2.11. The second kappa shape index (κ2) is 5.21. The first-order valence-electron chi connectivity index (χ1n) is 5.54. The molecule has 8 heteroatoms. The van der Waals surface area contributed by atoms with Gasteiger partial charge in [-0.25, -0.2) is 4.98 Å². The minimum Gasteiger partial charge on any atom is -0.363 e. The molecule has 0 fully saturated rings. The number of halogens is 3. The highest BCUT2D eigenvalue weighted by Gasteiger charge is 2.33. The summed E-state index contributed by atoms with van der Waals surface area (Å²) in [7, 11) is 0. The van der Waals surface area contributed by atoms with E-state index < -0.39 is 11.9 Å². The molecule has 0 aliphatic heterocycles. The molecule has 2 rings (SSSR count). The van der Waals surface area contributed by atoms with Crippen LogP contribution in [0.2, 0.25) is 0 Å². The van der Waals surface area contributed by atoms with E-state index in [-0.39, 0.29) is 17.9 Å². The van der Waals surface area contributed by atoms with Gasteiger partial charge in [-0.3, -0.25) is 0 Å². The first-order valence-corrected chi connectivity index (χ1v) is 5.54. The van der Waals surface area contributed by atoms with Gasteiger partial charge in [0, 0.05) is 6.07 Å². The number of rotatable bonds is 3. The van der Waals surface area contributed by atoms with E-state index in [0.29, 0.717) is 11.5 Å². The van der Waals surface area contributed by atoms with Crippen molar-refractivity contribution in [3.05, 3.63) is 40.9 Å². The summed E-state index contributed by atoms with van der Waals surface area (Å²) in [5.74, 6) is 0.447. The standard InChI is InChI=1S/C12H9F3N4O/c1-7-4-9(19-20-7)6-17-11-8(5-16)2-3-10(18-11)12(13,14)15/h2-4H,6H2,1H3,(H,17,18). The Bertz CT molecular complexity index is 657. The molecule has 1 N–H and O–H groups in total. The van der Waals surface area contributed by atoms with Crippen LogP contribution in [-0.4, -0.2) is 10.1 Å². The van der Waals surface area contributed by atoms with Gasteiger partial charge in [-0.2, -0.15) is 18.4 Å². The topological polar surface area (TPSA) is 74.7 Å². The molecule has 0 atom stereocenters. The number of nitriles is 1. The van der Waals surface area contributed by atoms with Crippen LogP contribution < -0.4 is 5.32 Å². The van der Waals surface area contributed by atoms with Crippen molar-refractivity contribution in [1.29, 1.82) is 5.26 Å². The van der Waals surface area contributed by atoms with Crippen molar-refractivity contribution in [1.82, 2.24) is 10.1 Å². The highest BCUT2D eigenvalue weighted by Crippen LogP contribution is 2.29. The van der Waals surface area contributed by atoms with Crippen molar-refractivity contribution in [2.75, 3.05) is 5.32 Å². The number of pyridine rings is 1. The third-order valence-electron chi connectivity index (χ3n) is 2.42. The summed E-state index contributed by atoms with van der Waals surface area (Å²) in [6.45, 7) is 1.81. The van der Waals surface area contributed by atoms with Gasteiger partial charge in [0.25, 0.3) is 0 Å². The van der Waals surface area contributed by atoms with Crippen LogP contribution in [0, 0.1) is 18.3 Å². The Morgan fingerprint density at radius 3 is 2.70 bits per heavy atom. The van der Waals surface area contributed by atoms with Crippen LogP contribution in [0.15, 0.2) is 22.7 Å². The van der Waals surface area contributed by atoms with Crippen molar-refractivity contribution >= 4 is 5.82 Å². The summed E-state index contributed by atoms with van der Waals surface area (Å²) >= 11 is 0. The Balaban J connectivity index is 2.23. The third-order valence-corrected chi connectivity index (χ3v) is 2.42. The Labute approximate surface area is 112 Å². The maximum Gasteiger partial charge on any atom is 0.433 e. The molecule has 0 aliphatic carbocycles. The molecule has 0 aromatic carbocycles. The fourth-order valence-electron chi connectivity index (χ4n) is 1.52. The maximum atomic E-state index is 12.6. The molecule has 104 valence electrons. The van der Waals surface area contributed by atoms with E-state index >= 15 is 0 Å². The zero-order valence-electron chi connectivity index (χ0n) is 10.3. The van der Waals surface area contributed by atoms with Crippen LogP contribution in [-0.2, 0) is 12.7 Å². The van der Waals surface area contributed by atoms with Crippen molar-refractivity contribution in [2.24, 2.45) is 0 Å². The summed E-state index contributed by atoms with van der Waals surface area (Å²) in [4.78, 5) is 3.42. The van der Waals surface area contributed by atoms with E-state index in [1.165, 1.54) is 0 Å². The average Bonchev–Trinajstić information content (AvgIpc) is 2.80. The van der Waals surface area contributed by atoms with Crippen LogP contribution in [0.3, 0.4) is 0 Å². The first-order chi connectivity index (χ1) is 9.40. The van der Waals surface area contributed by atoms with Gasteiger partial charge in [0.1, 0.15) is 29.0 Å². The van der Waals surface area contributed by atoms with Crippen molar-refractivity contribution in [3.8, 4) is 6.07 Å². The molecule has 0 aliphatic rings. The van der Waals surface area contributed by atoms with E-state index in [1.807, 2.05) is 0 Å². The van der Waals surface area contributed by atoms with Gasteiger partial charge in [0.2, 0.25) is 0 Å². The fourth-order valence-corrected chi connectivity index (χ4v) is 1.52. The molecule has 5 nitrogen and oxygen atoms in total. The second-order valence-corrected chi connectivity index (χ2v) is 3.98. The Morgan fingerprint density at radius 2 is 2.15 bits per heavy atom. The van der Waals surface area contributed by atoms with Crippen molar-refractivity contribution < 1.29 is 17.7 Å². The number of anilines is 1. The lowest BCUT2D eigenvalue weighted by atomic mass is 10.2. The Kier molecular flexibility index (Phi) is 3.61. The van der Waals surface area contributed by atoms with Crippen LogP contribution in [0.5, 0.6) is 0 Å². The molecule has 0 unspecified atom stereocenters. The van der Waals surface area contributed by atoms with Crippen LogP contribution in [0.25, 0.3) is 0 Å². The minimum absolute atomic E-state index is 0.0261. The highest BCUT2D eigenvalue weighted by molar-refractivity contribution is 5.52. The molecule has 0 amide bonds. The largest absolute Gasteiger partial charge is 0.433 e. The monoisotopic (exact) mass is 282 g/mol. The van der Waals surface area contributed by atoms with Gasteiger partial charge in [-0.05, 0) is 19.1 Å². The Morgan fingerprint density at radius 1 is 1.40 bits per heavy atom. The lowest BCUT2D eigenvalue weighted by molar-refractivity contribution is -0.141. The normalized spacial score (nSPS) is 11.2. The SMILES string of the molecule is Cc1cc(CNc2nc(C(F)(F)F)ccc2C#N)no1. The maximum absolute atomic E-state index is 12.6. The zero-order chi connectivity index (χ0) is 14.8. The summed E-state index contributed by atoms with van der Waals surface area (Å²) < 4.78 is 42.5. The molecule has 2 aromatic rings. The van der Waals surface area contributed by atoms with Crippen LogP contribution >= 0.6 is 0 Å². The van der Waals surface area contributed by atoms with Crippen LogP contribution in [0.1, 0.15) is 22.7 Å². The quantitative estimate of drug-likeness (QED) is 0.936. The third kappa shape index (κ3) is 3.06. The zero-order valence-corrected chi connectivity index (χ0v) is 10.3. The molecule has 0 spiro atoms. The van der Waals surface area contributed by atoms with Crippen molar-refractivity contribution in [3.63, 3.8) is 0 Å². The van der Waals surface area contributed by atoms with Crippen molar-refractivity contribution in [2.45, 2.75) is 19.6 Å². The smallest absolute Gasteiger partial charge is 0.363 e. The number of hydrogen-bond donors (Lipinski definition) is 1. The summed E-state index contributed by atoms with van der Waals surface area (Å²) in [6, 6.07) is 5.25. The lowest BCUT2D eigenvalue weighted by Gasteiger charge is -2.10. The predicted octanol–water partition coefficient (Wildman–Crippen LogP) is 2.88. The number of alkyl halides is 3. The van der Waals surface area contributed by atoms with E-state index in [0.717, 1.165) is 12.1 Å². The molecule has 0 radical (unpaired) electrons. The van der Waals surface area contributed by atoms with E-state index in [4.69, 9.17) is 9.78 Å². The number of aryl methyl sites for hydroxylation is 1. The number of hydrogen-bond acceptors (Lipinski definition) is 5. The molecule has 0 saturated heterocycles. The van der Waals surface area contributed by atoms with E-state index in [2.05, 4.69) is 15.5 Å². The highest BCUT2D eigenvalue weighted by atomic mass is 19.4. The molecule has 2 aromatic heterocycles.